The fourth-order valence-electron chi connectivity index (χ4n) is 6.15. The van der Waals surface area contributed by atoms with Crippen molar-refractivity contribution in [2.45, 2.75) is 55.6 Å². The van der Waals surface area contributed by atoms with E-state index in [1.54, 1.807) is 11.0 Å². The lowest BCUT2D eigenvalue weighted by Crippen LogP contribution is -2.33. The van der Waals surface area contributed by atoms with Gasteiger partial charge in [-0.25, -0.2) is 9.37 Å². The van der Waals surface area contributed by atoms with Crippen LogP contribution in [0.3, 0.4) is 0 Å². The van der Waals surface area contributed by atoms with E-state index in [4.69, 9.17) is 30.6 Å². The van der Waals surface area contributed by atoms with Crippen LogP contribution in [0.1, 0.15) is 37.5 Å². The number of fused-ring (bicyclic) bond motifs is 3. The van der Waals surface area contributed by atoms with Crippen molar-refractivity contribution in [2.75, 3.05) is 24.0 Å². The average molecular weight is 634 g/mol. The minimum Gasteiger partial charge on any atom is -0.387 e. The number of aliphatic hydroxyl groups is 2. The SMILES string of the molecule is O=P(O)(O)CP(=O)(O)OC[C@H]1O[C@@H](n2cnc3c(N4CC5(CCCC5)c5cccc(F)c54)nc(Cl)nc32)C(O)[C@H]1O. The summed E-state index contributed by atoms with van der Waals surface area (Å²) < 4.78 is 50.2. The first-order chi connectivity index (χ1) is 19.3. The molecule has 1 aliphatic carbocycles. The van der Waals surface area contributed by atoms with E-state index in [1.165, 1.54) is 17.0 Å². The Balaban J connectivity index is 1.32. The first kappa shape index (κ1) is 29.1. The normalized spacial score (nSPS) is 27.1. The summed E-state index contributed by atoms with van der Waals surface area (Å²) in [5, 5.41) is 21.1. The third-order valence-electron chi connectivity index (χ3n) is 7.90. The first-order valence-corrected chi connectivity index (χ1v) is 16.7. The number of aromatic nitrogens is 4. The van der Waals surface area contributed by atoms with Crippen molar-refractivity contribution in [3.8, 4) is 0 Å². The lowest BCUT2D eigenvalue weighted by atomic mass is 9.81. The molecule has 0 radical (unpaired) electrons. The topological polar surface area (TPSA) is 201 Å². The van der Waals surface area contributed by atoms with Crippen molar-refractivity contribution in [2.24, 2.45) is 0 Å². The maximum absolute atomic E-state index is 15.3. The van der Waals surface area contributed by atoms with Crippen LogP contribution in [0.4, 0.5) is 15.9 Å². The zero-order chi connectivity index (χ0) is 29.3. The summed E-state index contributed by atoms with van der Waals surface area (Å²) in [7, 11) is -9.59. The van der Waals surface area contributed by atoms with Crippen molar-refractivity contribution in [3.63, 3.8) is 0 Å². The highest BCUT2D eigenvalue weighted by Crippen LogP contribution is 2.56. The summed E-state index contributed by atoms with van der Waals surface area (Å²) in [5.41, 5.74) is 1.42. The third-order valence-corrected chi connectivity index (χ3v) is 11.5. The molecule has 2 aliphatic heterocycles. The Morgan fingerprint density at radius 3 is 2.59 bits per heavy atom. The van der Waals surface area contributed by atoms with Gasteiger partial charge in [-0.05, 0) is 36.1 Å². The molecule has 3 aliphatic rings. The lowest BCUT2D eigenvalue weighted by Gasteiger charge is -2.25. The van der Waals surface area contributed by atoms with Gasteiger partial charge >= 0.3 is 15.2 Å². The molecule has 1 aromatic carbocycles. The lowest BCUT2D eigenvalue weighted by molar-refractivity contribution is -0.0483. The van der Waals surface area contributed by atoms with Crippen LogP contribution in [0.15, 0.2) is 24.5 Å². The Morgan fingerprint density at radius 1 is 1.15 bits per heavy atom. The fourth-order valence-corrected chi connectivity index (χ4v) is 8.88. The number of anilines is 2. The van der Waals surface area contributed by atoms with E-state index in [1.807, 2.05) is 6.07 Å². The van der Waals surface area contributed by atoms with Crippen LogP contribution in [-0.2, 0) is 23.8 Å². The van der Waals surface area contributed by atoms with E-state index in [-0.39, 0.29) is 27.7 Å². The molecule has 2 unspecified atom stereocenters. The number of hydrogen-bond acceptors (Lipinski definition) is 10. The van der Waals surface area contributed by atoms with Crippen molar-refractivity contribution in [3.05, 3.63) is 41.2 Å². The van der Waals surface area contributed by atoms with Gasteiger partial charge in [-0.15, -0.1) is 0 Å². The van der Waals surface area contributed by atoms with Gasteiger partial charge in [-0.3, -0.25) is 13.7 Å². The number of nitrogens with zero attached hydrogens (tertiary/aromatic N) is 5. The summed E-state index contributed by atoms with van der Waals surface area (Å²) in [6.45, 7) is -0.281. The highest BCUT2D eigenvalue weighted by Gasteiger charge is 2.48. The molecular weight excluding hydrogens is 607 g/mol. The summed E-state index contributed by atoms with van der Waals surface area (Å²) in [6.07, 6.45) is -0.702. The van der Waals surface area contributed by atoms with Gasteiger partial charge in [0.05, 0.1) is 18.6 Å². The van der Waals surface area contributed by atoms with Crippen LogP contribution in [-0.4, -0.2) is 81.8 Å². The van der Waals surface area contributed by atoms with Crippen LogP contribution in [0.2, 0.25) is 5.28 Å². The molecule has 14 nitrogen and oxygen atoms in total. The van der Waals surface area contributed by atoms with Crippen molar-refractivity contribution in [1.82, 2.24) is 19.5 Å². The highest BCUT2D eigenvalue weighted by atomic mass is 35.5. The van der Waals surface area contributed by atoms with Crippen molar-refractivity contribution in [1.29, 1.82) is 0 Å². The quantitative estimate of drug-likeness (QED) is 0.188. The Labute approximate surface area is 237 Å². The zero-order valence-corrected chi connectivity index (χ0v) is 23.9. The number of hydrogen-bond donors (Lipinski definition) is 5. The molecule has 18 heteroatoms. The van der Waals surface area contributed by atoms with Gasteiger partial charge < -0.3 is 39.1 Å². The molecule has 6 rings (SSSR count). The second kappa shape index (κ2) is 10.3. The standard InChI is InChI=1S/C23H27ClFN5O9P2/c24-22-27-19(29-9-23(6-1-2-7-23)12-4-3-5-13(25)16(12)29)15-20(28-22)30(10-26-15)21-18(32)17(31)14(39-21)8-38-41(36,37)11-40(33,34)35/h3-5,10,14,17-18,21,31-32H,1-2,6-9,11H2,(H,36,37)(H2,33,34,35)/t14-,17+,18?,21-/m1/s1. The second-order valence-electron chi connectivity index (χ2n) is 10.6. The molecule has 4 heterocycles. The summed E-state index contributed by atoms with van der Waals surface area (Å²) in [5.74, 6) is -1.56. The number of ether oxygens (including phenoxy) is 1. The van der Waals surface area contributed by atoms with Crippen LogP contribution in [0.5, 0.6) is 0 Å². The summed E-state index contributed by atoms with van der Waals surface area (Å²) in [4.78, 5) is 42.5. The Morgan fingerprint density at radius 2 is 1.88 bits per heavy atom. The molecule has 0 amide bonds. The summed E-state index contributed by atoms with van der Waals surface area (Å²) >= 11 is 6.32. The number of imidazole rings is 1. The van der Waals surface area contributed by atoms with Crippen LogP contribution in [0, 0.1) is 5.82 Å². The highest BCUT2D eigenvalue weighted by molar-refractivity contribution is 7.70. The molecule has 2 aromatic heterocycles. The summed E-state index contributed by atoms with van der Waals surface area (Å²) in [6, 6.07) is 5.01. The van der Waals surface area contributed by atoms with Crippen molar-refractivity contribution >= 4 is 49.5 Å². The van der Waals surface area contributed by atoms with E-state index >= 15 is 4.39 Å². The molecule has 5 N–H and O–H groups in total. The number of benzene rings is 1. The van der Waals surface area contributed by atoms with Crippen molar-refractivity contribution < 1.29 is 47.7 Å². The minimum absolute atomic E-state index is 0.123. The van der Waals surface area contributed by atoms with Gasteiger partial charge in [-0.1, -0.05) is 25.0 Å². The van der Waals surface area contributed by atoms with Crippen LogP contribution >= 0.6 is 26.8 Å². The second-order valence-corrected chi connectivity index (χ2v) is 15.0. The number of aliphatic hydroxyl groups excluding tert-OH is 2. The van der Waals surface area contributed by atoms with Crippen LogP contribution < -0.4 is 4.90 Å². The molecule has 0 bridgehead atoms. The van der Waals surface area contributed by atoms with E-state index < -0.39 is 58.1 Å². The Kier molecular flexibility index (Phi) is 7.30. The number of rotatable bonds is 7. The zero-order valence-electron chi connectivity index (χ0n) is 21.3. The Hall–Kier alpha value is -2.03. The number of halogens is 2. The van der Waals surface area contributed by atoms with E-state index in [0.29, 0.717) is 12.2 Å². The molecule has 1 saturated heterocycles. The van der Waals surface area contributed by atoms with Gasteiger partial charge in [0.25, 0.3) is 0 Å². The fraction of sp³-hybridized carbons (Fsp3) is 0.522. The van der Waals surface area contributed by atoms with Gasteiger partial charge in [-0.2, -0.15) is 9.97 Å². The minimum atomic E-state index is -4.86. The maximum Gasteiger partial charge on any atom is 0.340 e. The Bertz CT molecular complexity index is 1600. The van der Waals surface area contributed by atoms with E-state index in [9.17, 15) is 24.2 Å². The first-order valence-electron chi connectivity index (χ1n) is 12.8. The largest absolute Gasteiger partial charge is 0.387 e. The molecule has 3 aromatic rings. The van der Waals surface area contributed by atoms with Gasteiger partial charge in [0, 0.05) is 12.0 Å². The molecule has 41 heavy (non-hydrogen) atoms. The predicted molar refractivity (Wildman–Crippen MR) is 142 cm³/mol. The molecule has 2 fully saturated rings. The molecule has 1 saturated carbocycles. The van der Waals surface area contributed by atoms with E-state index in [0.717, 1.165) is 31.2 Å². The predicted octanol–water partition coefficient (Wildman–Crippen LogP) is 2.54. The maximum atomic E-state index is 15.3. The van der Waals surface area contributed by atoms with Crippen LogP contribution in [0.25, 0.3) is 11.2 Å². The average Bonchev–Trinajstić information content (AvgIpc) is 3.65. The molecular formula is C23H27ClFN5O9P2. The number of para-hydroxylation sites is 1. The third kappa shape index (κ3) is 5.22. The molecule has 5 atom stereocenters. The van der Waals surface area contributed by atoms with Gasteiger partial charge in [0.15, 0.2) is 29.1 Å². The monoisotopic (exact) mass is 633 g/mol. The van der Waals surface area contributed by atoms with Gasteiger partial charge in [0.1, 0.15) is 24.1 Å². The smallest absolute Gasteiger partial charge is 0.340 e. The molecule has 1 spiro atoms. The van der Waals surface area contributed by atoms with Gasteiger partial charge in [0.2, 0.25) is 5.28 Å². The molecule has 222 valence electrons. The van der Waals surface area contributed by atoms with E-state index in [2.05, 4.69) is 15.0 Å².